The number of rotatable bonds is 5. The third kappa shape index (κ3) is 3.42. The summed E-state index contributed by atoms with van der Waals surface area (Å²) < 4.78 is 0. The van der Waals surface area contributed by atoms with Gasteiger partial charge in [-0.3, -0.25) is 0 Å². The summed E-state index contributed by atoms with van der Waals surface area (Å²) in [6.45, 7) is 8.82. The standard InChI is InChI=1S/C13H21N3O2/c1-8(2)7-16(5)10-6-14-12(9(3)4)15-11(10)13(17)18/h6,8-9H,7H2,1-5H3,(H,17,18). The molecule has 0 amide bonds. The highest BCUT2D eigenvalue weighted by Crippen LogP contribution is 2.20. The third-order valence-corrected chi connectivity index (χ3v) is 2.56. The number of carboxylic acids is 1. The van der Waals surface area contributed by atoms with Gasteiger partial charge in [-0.1, -0.05) is 27.7 Å². The van der Waals surface area contributed by atoms with E-state index < -0.39 is 5.97 Å². The molecule has 0 spiro atoms. The van der Waals surface area contributed by atoms with Crippen molar-refractivity contribution in [1.82, 2.24) is 9.97 Å². The van der Waals surface area contributed by atoms with Gasteiger partial charge in [0.15, 0.2) is 5.69 Å². The van der Waals surface area contributed by atoms with Crippen molar-refractivity contribution in [3.8, 4) is 0 Å². The Hall–Kier alpha value is -1.65. The molecule has 0 aromatic carbocycles. The Morgan fingerprint density at radius 2 is 2.00 bits per heavy atom. The van der Waals surface area contributed by atoms with Crippen molar-refractivity contribution >= 4 is 11.7 Å². The molecule has 0 fully saturated rings. The molecule has 0 aliphatic heterocycles. The Kier molecular flexibility index (Phi) is 4.64. The molecular weight excluding hydrogens is 230 g/mol. The molecule has 0 bridgehead atoms. The zero-order chi connectivity index (χ0) is 13.9. The second-order valence-corrected chi connectivity index (χ2v) is 5.20. The quantitative estimate of drug-likeness (QED) is 0.870. The number of aromatic nitrogens is 2. The molecule has 0 unspecified atom stereocenters. The van der Waals surface area contributed by atoms with Crippen molar-refractivity contribution in [2.45, 2.75) is 33.6 Å². The number of nitrogens with zero attached hydrogens (tertiary/aromatic N) is 3. The summed E-state index contributed by atoms with van der Waals surface area (Å²) in [5.74, 6) is 0.118. The second kappa shape index (κ2) is 5.80. The van der Waals surface area contributed by atoms with E-state index in [1.165, 1.54) is 0 Å². The van der Waals surface area contributed by atoms with Gasteiger partial charge in [0.05, 0.1) is 11.9 Å². The average Bonchev–Trinajstić information content (AvgIpc) is 2.26. The molecule has 1 N–H and O–H groups in total. The SMILES string of the molecule is CC(C)CN(C)c1cnc(C(C)C)nc1C(=O)O. The van der Waals surface area contributed by atoms with E-state index in [1.807, 2.05) is 25.8 Å². The summed E-state index contributed by atoms with van der Waals surface area (Å²) in [4.78, 5) is 21.5. The molecule has 0 aliphatic rings. The van der Waals surface area contributed by atoms with Gasteiger partial charge in [-0.15, -0.1) is 0 Å². The van der Waals surface area contributed by atoms with Crippen LogP contribution in [0.3, 0.4) is 0 Å². The summed E-state index contributed by atoms with van der Waals surface area (Å²) in [7, 11) is 1.86. The van der Waals surface area contributed by atoms with Crippen molar-refractivity contribution in [1.29, 1.82) is 0 Å². The maximum atomic E-state index is 11.3. The van der Waals surface area contributed by atoms with Gasteiger partial charge >= 0.3 is 5.97 Å². The van der Waals surface area contributed by atoms with Crippen LogP contribution < -0.4 is 4.90 Å². The molecule has 1 aromatic rings. The zero-order valence-electron chi connectivity index (χ0n) is 11.6. The van der Waals surface area contributed by atoms with Crippen LogP contribution in [0.25, 0.3) is 0 Å². The molecule has 1 heterocycles. The van der Waals surface area contributed by atoms with Crippen molar-refractivity contribution in [3.63, 3.8) is 0 Å². The number of carboxylic acid groups (broad SMARTS) is 1. The van der Waals surface area contributed by atoms with Gasteiger partial charge in [-0.2, -0.15) is 0 Å². The number of hydrogen-bond acceptors (Lipinski definition) is 4. The van der Waals surface area contributed by atoms with E-state index in [9.17, 15) is 9.90 Å². The fraction of sp³-hybridized carbons (Fsp3) is 0.615. The minimum atomic E-state index is -1.01. The van der Waals surface area contributed by atoms with Crippen LogP contribution in [0.15, 0.2) is 6.20 Å². The van der Waals surface area contributed by atoms with Crippen molar-refractivity contribution in [2.75, 3.05) is 18.5 Å². The topological polar surface area (TPSA) is 66.3 Å². The Bertz CT molecular complexity index is 430. The Morgan fingerprint density at radius 1 is 1.39 bits per heavy atom. The fourth-order valence-corrected chi connectivity index (χ4v) is 1.75. The highest BCUT2D eigenvalue weighted by Gasteiger charge is 2.18. The molecule has 1 rings (SSSR count). The maximum absolute atomic E-state index is 11.3. The molecule has 0 saturated carbocycles. The molecule has 5 heteroatoms. The minimum Gasteiger partial charge on any atom is -0.476 e. The van der Waals surface area contributed by atoms with Gasteiger partial charge in [0.25, 0.3) is 0 Å². The van der Waals surface area contributed by atoms with Crippen LogP contribution in [0.4, 0.5) is 5.69 Å². The lowest BCUT2D eigenvalue weighted by molar-refractivity contribution is 0.0690. The van der Waals surface area contributed by atoms with Crippen LogP contribution in [0.2, 0.25) is 0 Å². The number of hydrogen-bond donors (Lipinski definition) is 1. The van der Waals surface area contributed by atoms with E-state index >= 15 is 0 Å². The van der Waals surface area contributed by atoms with Gasteiger partial charge in [-0.05, 0) is 5.92 Å². The molecule has 0 aliphatic carbocycles. The lowest BCUT2D eigenvalue weighted by atomic mass is 10.2. The van der Waals surface area contributed by atoms with E-state index in [1.54, 1.807) is 6.20 Å². The number of anilines is 1. The molecule has 0 radical (unpaired) electrons. The van der Waals surface area contributed by atoms with Crippen molar-refractivity contribution in [2.24, 2.45) is 5.92 Å². The first-order valence-corrected chi connectivity index (χ1v) is 6.14. The van der Waals surface area contributed by atoms with Crippen LogP contribution in [0.1, 0.15) is 49.9 Å². The smallest absolute Gasteiger partial charge is 0.356 e. The molecule has 0 saturated heterocycles. The minimum absolute atomic E-state index is 0.0804. The molecule has 1 aromatic heterocycles. The summed E-state index contributed by atoms with van der Waals surface area (Å²) in [5.41, 5.74) is 0.650. The van der Waals surface area contributed by atoms with Crippen molar-refractivity contribution < 1.29 is 9.90 Å². The number of aromatic carboxylic acids is 1. The number of carbonyl (C=O) groups is 1. The first kappa shape index (κ1) is 14.4. The highest BCUT2D eigenvalue weighted by atomic mass is 16.4. The summed E-state index contributed by atoms with van der Waals surface area (Å²) in [5, 5.41) is 9.24. The third-order valence-electron chi connectivity index (χ3n) is 2.56. The predicted molar refractivity (Wildman–Crippen MR) is 71.2 cm³/mol. The van der Waals surface area contributed by atoms with E-state index in [0.717, 1.165) is 6.54 Å². The Balaban J connectivity index is 3.15. The van der Waals surface area contributed by atoms with Crippen LogP contribution in [0, 0.1) is 5.92 Å². The first-order valence-electron chi connectivity index (χ1n) is 6.14. The molecule has 0 atom stereocenters. The lowest BCUT2D eigenvalue weighted by Gasteiger charge is -2.22. The monoisotopic (exact) mass is 251 g/mol. The largest absolute Gasteiger partial charge is 0.476 e. The van der Waals surface area contributed by atoms with Gasteiger partial charge in [0, 0.05) is 19.5 Å². The second-order valence-electron chi connectivity index (χ2n) is 5.20. The van der Waals surface area contributed by atoms with Crippen LogP contribution in [-0.2, 0) is 0 Å². The Labute approximate surface area is 108 Å². The van der Waals surface area contributed by atoms with E-state index in [-0.39, 0.29) is 11.6 Å². The molecule has 100 valence electrons. The summed E-state index contributed by atoms with van der Waals surface area (Å²) >= 11 is 0. The lowest BCUT2D eigenvalue weighted by Crippen LogP contribution is -2.25. The van der Waals surface area contributed by atoms with Gasteiger partial charge in [-0.25, -0.2) is 14.8 Å². The van der Waals surface area contributed by atoms with Gasteiger partial charge in [0.2, 0.25) is 0 Å². The van der Waals surface area contributed by atoms with Crippen LogP contribution in [0.5, 0.6) is 0 Å². The first-order chi connectivity index (χ1) is 8.32. The molecule has 18 heavy (non-hydrogen) atoms. The normalized spacial score (nSPS) is 11.1. The van der Waals surface area contributed by atoms with Crippen molar-refractivity contribution in [3.05, 3.63) is 17.7 Å². The maximum Gasteiger partial charge on any atom is 0.356 e. The molecular formula is C13H21N3O2. The van der Waals surface area contributed by atoms with Gasteiger partial charge < -0.3 is 10.0 Å². The summed E-state index contributed by atoms with van der Waals surface area (Å²) in [6, 6.07) is 0. The average molecular weight is 251 g/mol. The van der Waals surface area contributed by atoms with Crippen LogP contribution in [-0.4, -0.2) is 34.6 Å². The highest BCUT2D eigenvalue weighted by molar-refractivity contribution is 5.91. The van der Waals surface area contributed by atoms with E-state index in [4.69, 9.17) is 0 Å². The van der Waals surface area contributed by atoms with Crippen LogP contribution >= 0.6 is 0 Å². The zero-order valence-corrected chi connectivity index (χ0v) is 11.6. The van der Waals surface area contributed by atoms with E-state index in [2.05, 4.69) is 23.8 Å². The van der Waals surface area contributed by atoms with Gasteiger partial charge in [0.1, 0.15) is 5.82 Å². The Morgan fingerprint density at radius 3 is 2.44 bits per heavy atom. The summed E-state index contributed by atoms with van der Waals surface area (Å²) in [6.07, 6.45) is 1.61. The fourth-order valence-electron chi connectivity index (χ4n) is 1.75. The molecule has 5 nitrogen and oxygen atoms in total. The van der Waals surface area contributed by atoms with E-state index in [0.29, 0.717) is 17.4 Å². The predicted octanol–water partition coefficient (Wildman–Crippen LogP) is 2.39.